The summed E-state index contributed by atoms with van der Waals surface area (Å²) in [5.41, 5.74) is 1.76. The van der Waals surface area contributed by atoms with Crippen molar-refractivity contribution in [3.8, 4) is 5.75 Å². The van der Waals surface area contributed by atoms with Crippen LogP contribution in [-0.2, 0) is 11.3 Å². The van der Waals surface area contributed by atoms with E-state index in [1.807, 2.05) is 36.4 Å². The van der Waals surface area contributed by atoms with Crippen molar-refractivity contribution >= 4 is 33.4 Å². The van der Waals surface area contributed by atoms with E-state index < -0.39 is 0 Å². The van der Waals surface area contributed by atoms with Gasteiger partial charge in [0.2, 0.25) is 0 Å². The topological polar surface area (TPSA) is 80.3 Å². The molecule has 3 aromatic rings. The molecule has 0 aliphatic carbocycles. The summed E-state index contributed by atoms with van der Waals surface area (Å²) in [6.45, 7) is 0.0857. The predicted molar refractivity (Wildman–Crippen MR) is 110 cm³/mol. The van der Waals surface area contributed by atoms with E-state index in [1.165, 1.54) is 0 Å². The molecule has 2 aromatic carbocycles. The zero-order valence-corrected chi connectivity index (χ0v) is 16.5. The Kier molecular flexibility index (Phi) is 6.75. The molecule has 0 atom stereocenters. The minimum Gasteiger partial charge on any atom is -0.483 e. The Morgan fingerprint density at radius 1 is 0.964 bits per heavy atom. The number of carbonyl (C=O) groups is 2. The highest BCUT2D eigenvalue weighted by atomic mass is 79.9. The van der Waals surface area contributed by atoms with Crippen molar-refractivity contribution in [2.24, 2.45) is 0 Å². The van der Waals surface area contributed by atoms with Crippen molar-refractivity contribution in [3.05, 3.63) is 88.7 Å². The number of rotatable bonds is 7. The first-order chi connectivity index (χ1) is 13.6. The monoisotopic (exact) mass is 439 g/mol. The van der Waals surface area contributed by atoms with Gasteiger partial charge in [-0.2, -0.15) is 0 Å². The van der Waals surface area contributed by atoms with Gasteiger partial charge in [0.1, 0.15) is 5.75 Å². The van der Waals surface area contributed by atoms with Crippen LogP contribution in [0.25, 0.3) is 0 Å². The Morgan fingerprint density at radius 2 is 1.71 bits per heavy atom. The maximum Gasteiger partial charge on any atom is 0.262 e. The fourth-order valence-electron chi connectivity index (χ4n) is 2.44. The Bertz CT molecular complexity index is 964. The molecule has 6 nitrogen and oxygen atoms in total. The normalized spacial score (nSPS) is 10.2. The molecule has 0 aliphatic heterocycles. The van der Waals surface area contributed by atoms with Crippen LogP contribution >= 0.6 is 15.9 Å². The summed E-state index contributed by atoms with van der Waals surface area (Å²) in [4.78, 5) is 28.8. The minimum absolute atomic E-state index is 0.216. The van der Waals surface area contributed by atoms with Crippen molar-refractivity contribution in [2.45, 2.75) is 6.54 Å². The summed E-state index contributed by atoms with van der Waals surface area (Å²) in [5.74, 6) is -0.286. The van der Waals surface area contributed by atoms with Crippen molar-refractivity contribution in [1.29, 1.82) is 0 Å². The van der Waals surface area contributed by atoms with Gasteiger partial charge < -0.3 is 15.4 Å². The average molecular weight is 440 g/mol. The van der Waals surface area contributed by atoms with E-state index in [0.717, 1.165) is 10.2 Å². The second-order valence-corrected chi connectivity index (χ2v) is 6.67. The molecule has 0 saturated heterocycles. The first-order valence-corrected chi connectivity index (χ1v) is 9.37. The molecule has 0 saturated carbocycles. The number of carbonyl (C=O) groups excluding carboxylic acids is 2. The highest BCUT2D eigenvalue weighted by Crippen LogP contribution is 2.21. The Balaban J connectivity index is 1.59. The van der Waals surface area contributed by atoms with E-state index in [2.05, 4.69) is 31.5 Å². The maximum absolute atomic E-state index is 12.5. The molecular weight excluding hydrogens is 422 g/mol. The maximum atomic E-state index is 12.5. The lowest BCUT2D eigenvalue weighted by Gasteiger charge is -2.12. The molecule has 0 radical (unpaired) electrons. The van der Waals surface area contributed by atoms with Crippen molar-refractivity contribution in [3.63, 3.8) is 0 Å². The second kappa shape index (κ2) is 9.66. The summed E-state index contributed by atoms with van der Waals surface area (Å²) in [6, 6.07) is 19.6. The third kappa shape index (κ3) is 5.40. The quantitative estimate of drug-likeness (QED) is 0.586. The third-order valence-electron chi connectivity index (χ3n) is 3.79. The van der Waals surface area contributed by atoms with Crippen molar-refractivity contribution in [2.75, 3.05) is 11.9 Å². The number of amides is 2. The highest BCUT2D eigenvalue weighted by Gasteiger charge is 2.14. The third-order valence-corrected chi connectivity index (χ3v) is 4.49. The van der Waals surface area contributed by atoms with Gasteiger partial charge in [-0.3, -0.25) is 14.6 Å². The fourth-order valence-corrected chi connectivity index (χ4v) is 2.82. The Morgan fingerprint density at radius 3 is 2.50 bits per heavy atom. The minimum atomic E-state index is -0.324. The number of nitrogens with zero attached hydrogens (tertiary/aromatic N) is 1. The van der Waals surface area contributed by atoms with Crippen LogP contribution in [0.3, 0.4) is 0 Å². The molecule has 7 heteroatoms. The largest absolute Gasteiger partial charge is 0.483 e. The van der Waals surface area contributed by atoms with Crippen molar-refractivity contribution in [1.82, 2.24) is 10.3 Å². The molecule has 0 spiro atoms. The highest BCUT2D eigenvalue weighted by molar-refractivity contribution is 9.10. The van der Waals surface area contributed by atoms with Crippen LogP contribution in [0.2, 0.25) is 0 Å². The van der Waals surface area contributed by atoms with Gasteiger partial charge in [0.25, 0.3) is 11.8 Å². The molecule has 1 aromatic heterocycles. The first-order valence-electron chi connectivity index (χ1n) is 8.58. The van der Waals surface area contributed by atoms with E-state index in [9.17, 15) is 9.59 Å². The van der Waals surface area contributed by atoms with Gasteiger partial charge in [0, 0.05) is 10.7 Å². The van der Waals surface area contributed by atoms with Gasteiger partial charge in [0.15, 0.2) is 6.61 Å². The SMILES string of the molecule is O=C(COc1ccccc1C(=O)NCc1ccccn1)Nc1ccccc1Br. The van der Waals surface area contributed by atoms with Crippen LogP contribution in [0.5, 0.6) is 5.75 Å². The Hall–Kier alpha value is -3.19. The molecule has 0 aliphatic rings. The van der Waals surface area contributed by atoms with Gasteiger partial charge >= 0.3 is 0 Å². The molecule has 142 valence electrons. The summed E-state index contributed by atoms with van der Waals surface area (Å²) < 4.78 is 6.36. The van der Waals surface area contributed by atoms with E-state index in [0.29, 0.717) is 23.5 Å². The van der Waals surface area contributed by atoms with Gasteiger partial charge in [-0.05, 0) is 52.3 Å². The van der Waals surface area contributed by atoms with E-state index in [4.69, 9.17) is 4.74 Å². The van der Waals surface area contributed by atoms with Gasteiger partial charge in [0.05, 0.1) is 23.5 Å². The molecule has 3 rings (SSSR count). The number of benzene rings is 2. The standard InChI is InChI=1S/C21H18BrN3O3/c22-17-9-2-3-10-18(17)25-20(26)14-28-19-11-4-1-8-16(19)21(27)24-13-15-7-5-6-12-23-15/h1-12H,13-14H2,(H,24,27)(H,25,26). The van der Waals surface area contributed by atoms with E-state index in [1.54, 1.807) is 36.5 Å². The summed E-state index contributed by atoms with van der Waals surface area (Å²) in [6.07, 6.45) is 1.67. The average Bonchev–Trinajstić information content (AvgIpc) is 2.73. The number of halogens is 1. The lowest BCUT2D eigenvalue weighted by molar-refractivity contribution is -0.118. The molecule has 0 bridgehead atoms. The van der Waals surface area contributed by atoms with Gasteiger partial charge in [-0.15, -0.1) is 0 Å². The molecule has 0 unspecified atom stereocenters. The molecule has 0 fully saturated rings. The van der Waals surface area contributed by atoms with Crippen LogP contribution in [0, 0.1) is 0 Å². The zero-order chi connectivity index (χ0) is 19.8. The number of pyridine rings is 1. The lowest BCUT2D eigenvalue weighted by Crippen LogP contribution is -2.25. The number of anilines is 1. The van der Waals surface area contributed by atoms with E-state index >= 15 is 0 Å². The number of ether oxygens (including phenoxy) is 1. The van der Waals surface area contributed by atoms with Crippen LogP contribution in [0.4, 0.5) is 5.69 Å². The van der Waals surface area contributed by atoms with Crippen LogP contribution in [0.1, 0.15) is 16.1 Å². The van der Waals surface area contributed by atoms with Gasteiger partial charge in [-0.1, -0.05) is 30.3 Å². The summed E-state index contributed by atoms with van der Waals surface area (Å²) in [5, 5.41) is 5.56. The lowest BCUT2D eigenvalue weighted by atomic mass is 10.2. The summed E-state index contributed by atoms with van der Waals surface area (Å²) >= 11 is 3.37. The second-order valence-electron chi connectivity index (χ2n) is 5.82. The van der Waals surface area contributed by atoms with Crippen LogP contribution < -0.4 is 15.4 Å². The first kappa shape index (κ1) is 19.6. The predicted octanol–water partition coefficient (Wildman–Crippen LogP) is 3.79. The smallest absolute Gasteiger partial charge is 0.262 e. The summed E-state index contributed by atoms with van der Waals surface area (Å²) in [7, 11) is 0. The number of nitrogens with one attached hydrogen (secondary N) is 2. The number of hydrogen-bond donors (Lipinski definition) is 2. The molecule has 1 heterocycles. The van der Waals surface area contributed by atoms with E-state index in [-0.39, 0.29) is 18.4 Å². The number of hydrogen-bond acceptors (Lipinski definition) is 4. The fraction of sp³-hybridized carbons (Fsp3) is 0.0952. The van der Waals surface area contributed by atoms with Gasteiger partial charge in [-0.25, -0.2) is 0 Å². The molecule has 2 N–H and O–H groups in total. The Labute approximate surface area is 171 Å². The van der Waals surface area contributed by atoms with Crippen molar-refractivity contribution < 1.29 is 14.3 Å². The van der Waals surface area contributed by atoms with Crippen LogP contribution in [-0.4, -0.2) is 23.4 Å². The molecular formula is C21H18BrN3O3. The molecule has 28 heavy (non-hydrogen) atoms. The number of para-hydroxylation sites is 2. The molecule has 2 amide bonds. The zero-order valence-electron chi connectivity index (χ0n) is 14.9. The van der Waals surface area contributed by atoms with Crippen LogP contribution in [0.15, 0.2) is 77.4 Å². The number of aromatic nitrogens is 1.